The lowest BCUT2D eigenvalue weighted by Crippen LogP contribution is -2.22. The lowest BCUT2D eigenvalue weighted by molar-refractivity contribution is -0.150. The topological polar surface area (TPSA) is 70.7 Å². The molecule has 1 heterocycles. The van der Waals surface area contributed by atoms with Gasteiger partial charge in [-0.1, -0.05) is 0 Å². The van der Waals surface area contributed by atoms with Gasteiger partial charge in [0.05, 0.1) is 6.20 Å². The van der Waals surface area contributed by atoms with E-state index in [9.17, 15) is 18.0 Å². The third-order valence-corrected chi connectivity index (χ3v) is 1.68. The first-order valence-electron chi connectivity index (χ1n) is 4.12. The molecule has 0 spiro atoms. The Bertz CT molecular complexity index is 443. The van der Waals surface area contributed by atoms with Crippen molar-refractivity contribution in [1.82, 2.24) is 9.78 Å². The summed E-state index contributed by atoms with van der Waals surface area (Å²) >= 11 is 0. The Kier molecular flexibility index (Phi) is 3.17. The first-order valence-corrected chi connectivity index (χ1v) is 4.12. The second-order valence-electron chi connectivity index (χ2n) is 2.98. The predicted octanol–water partition coefficient (Wildman–Crippen LogP) is 1.18. The number of rotatable bonds is 2. The summed E-state index contributed by atoms with van der Waals surface area (Å²) in [7, 11) is 1.41. The van der Waals surface area contributed by atoms with Crippen LogP contribution in [0.25, 0.3) is 0 Å². The highest BCUT2D eigenvalue weighted by atomic mass is 19.4. The number of aryl methyl sites for hydroxylation is 1. The third-order valence-electron chi connectivity index (χ3n) is 1.68. The summed E-state index contributed by atoms with van der Waals surface area (Å²) in [6.07, 6.45) is -5.01. The van der Waals surface area contributed by atoms with Gasteiger partial charge >= 0.3 is 6.18 Å². The van der Waals surface area contributed by atoms with E-state index in [0.29, 0.717) is 0 Å². The Labute approximate surface area is 88.5 Å². The van der Waals surface area contributed by atoms with Crippen molar-refractivity contribution in [3.8, 4) is 6.07 Å². The van der Waals surface area contributed by atoms with Gasteiger partial charge in [0.25, 0.3) is 0 Å². The zero-order valence-corrected chi connectivity index (χ0v) is 8.17. The van der Waals surface area contributed by atoms with Gasteiger partial charge in [0.1, 0.15) is 23.9 Å². The van der Waals surface area contributed by atoms with Crippen molar-refractivity contribution < 1.29 is 18.0 Å². The van der Waals surface area contributed by atoms with Crippen LogP contribution >= 0.6 is 0 Å². The van der Waals surface area contributed by atoms with E-state index in [2.05, 4.69) is 5.10 Å². The summed E-state index contributed by atoms with van der Waals surface area (Å²) in [5.41, 5.74) is 0.0121. The molecular formula is C8H7F3N4O. The number of anilines is 1. The van der Waals surface area contributed by atoms with Gasteiger partial charge in [0, 0.05) is 7.05 Å². The second kappa shape index (κ2) is 4.22. The van der Waals surface area contributed by atoms with Crippen LogP contribution < -0.4 is 5.32 Å². The van der Waals surface area contributed by atoms with Crippen molar-refractivity contribution in [3.05, 3.63) is 11.8 Å². The number of aromatic nitrogens is 2. The molecule has 16 heavy (non-hydrogen) atoms. The molecule has 1 aromatic heterocycles. The first-order chi connectivity index (χ1) is 7.33. The average molecular weight is 232 g/mol. The van der Waals surface area contributed by atoms with Crippen LogP contribution in [0.2, 0.25) is 0 Å². The van der Waals surface area contributed by atoms with E-state index in [1.165, 1.54) is 7.05 Å². The van der Waals surface area contributed by atoms with Gasteiger partial charge in [0.15, 0.2) is 0 Å². The monoisotopic (exact) mass is 232 g/mol. The van der Waals surface area contributed by atoms with Crippen molar-refractivity contribution in [1.29, 1.82) is 5.26 Å². The van der Waals surface area contributed by atoms with Crippen molar-refractivity contribution in [2.45, 2.75) is 12.6 Å². The van der Waals surface area contributed by atoms with E-state index in [-0.39, 0.29) is 11.4 Å². The van der Waals surface area contributed by atoms with Crippen LogP contribution in [0.3, 0.4) is 0 Å². The number of carbonyl (C=O) groups is 1. The molecule has 86 valence electrons. The molecule has 0 aliphatic rings. The maximum absolute atomic E-state index is 11.9. The minimum Gasteiger partial charge on any atom is -0.310 e. The van der Waals surface area contributed by atoms with Gasteiger partial charge in [-0.15, -0.1) is 0 Å². The smallest absolute Gasteiger partial charge is 0.310 e. The maximum Gasteiger partial charge on any atom is 0.397 e. The molecule has 1 amide bonds. The fourth-order valence-electron chi connectivity index (χ4n) is 1.03. The largest absolute Gasteiger partial charge is 0.397 e. The standard InChI is InChI=1S/C8H7F3N4O/c1-15-7(5(3-12)4-13-15)14-6(16)2-8(9,10)11/h4H,2H2,1H3,(H,14,16). The Morgan fingerprint density at radius 3 is 2.81 bits per heavy atom. The summed E-state index contributed by atoms with van der Waals surface area (Å²) in [5.74, 6) is -1.27. The van der Waals surface area contributed by atoms with Gasteiger partial charge in [-0.3, -0.25) is 9.48 Å². The minimum atomic E-state index is -4.57. The molecule has 0 aromatic carbocycles. The van der Waals surface area contributed by atoms with Gasteiger partial charge < -0.3 is 5.32 Å². The molecule has 0 fully saturated rings. The summed E-state index contributed by atoms with van der Waals surface area (Å²) in [5, 5.41) is 14.2. The van der Waals surface area contributed by atoms with Gasteiger partial charge in [0.2, 0.25) is 5.91 Å². The summed E-state index contributed by atoms with van der Waals surface area (Å²) < 4.78 is 36.7. The number of hydrogen-bond acceptors (Lipinski definition) is 3. The maximum atomic E-state index is 11.9. The average Bonchev–Trinajstić information content (AvgIpc) is 2.44. The molecule has 5 nitrogen and oxygen atoms in total. The number of nitriles is 1. The lowest BCUT2D eigenvalue weighted by Gasteiger charge is -2.07. The van der Waals surface area contributed by atoms with E-state index >= 15 is 0 Å². The van der Waals surface area contributed by atoms with Crippen LogP contribution in [-0.2, 0) is 11.8 Å². The molecule has 0 atom stereocenters. The van der Waals surface area contributed by atoms with Crippen molar-refractivity contribution in [2.75, 3.05) is 5.32 Å². The molecule has 0 aliphatic heterocycles. The molecule has 0 saturated carbocycles. The van der Waals surface area contributed by atoms with Crippen molar-refractivity contribution >= 4 is 11.7 Å². The molecular weight excluding hydrogens is 225 g/mol. The molecule has 0 unspecified atom stereocenters. The third kappa shape index (κ3) is 2.98. The fraction of sp³-hybridized carbons (Fsp3) is 0.375. The van der Waals surface area contributed by atoms with Crippen LogP contribution in [0.4, 0.5) is 19.0 Å². The van der Waals surface area contributed by atoms with Crippen molar-refractivity contribution in [3.63, 3.8) is 0 Å². The normalized spacial score (nSPS) is 10.9. The van der Waals surface area contributed by atoms with Gasteiger partial charge in [-0.2, -0.15) is 23.5 Å². The molecule has 0 aliphatic carbocycles. The second-order valence-corrected chi connectivity index (χ2v) is 2.98. The number of nitrogens with one attached hydrogen (secondary N) is 1. The number of hydrogen-bond donors (Lipinski definition) is 1. The van der Waals surface area contributed by atoms with Gasteiger partial charge in [-0.05, 0) is 0 Å². The Morgan fingerprint density at radius 1 is 1.69 bits per heavy atom. The molecule has 1 aromatic rings. The number of carbonyl (C=O) groups excluding carboxylic acids is 1. The SMILES string of the molecule is Cn1ncc(C#N)c1NC(=O)CC(F)(F)F. The lowest BCUT2D eigenvalue weighted by atomic mass is 10.3. The quantitative estimate of drug-likeness (QED) is 0.832. The zero-order valence-electron chi connectivity index (χ0n) is 8.17. The molecule has 0 saturated heterocycles. The number of amides is 1. The summed E-state index contributed by atoms with van der Waals surface area (Å²) in [6, 6.07) is 1.71. The highest BCUT2D eigenvalue weighted by molar-refractivity contribution is 5.91. The molecule has 0 bridgehead atoms. The number of alkyl halides is 3. The van der Waals surface area contributed by atoms with E-state index in [1.807, 2.05) is 5.32 Å². The van der Waals surface area contributed by atoms with E-state index < -0.39 is 18.5 Å². The number of halogens is 3. The highest BCUT2D eigenvalue weighted by Gasteiger charge is 2.31. The minimum absolute atomic E-state index is 0.0121. The number of nitrogens with zero attached hydrogens (tertiary/aromatic N) is 3. The molecule has 1 N–H and O–H groups in total. The Morgan fingerprint density at radius 2 is 2.31 bits per heavy atom. The van der Waals surface area contributed by atoms with Gasteiger partial charge in [-0.25, -0.2) is 0 Å². The predicted molar refractivity (Wildman–Crippen MR) is 47.2 cm³/mol. The van der Waals surface area contributed by atoms with E-state index in [0.717, 1.165) is 10.9 Å². The fourth-order valence-corrected chi connectivity index (χ4v) is 1.03. The zero-order chi connectivity index (χ0) is 12.3. The van der Waals surface area contributed by atoms with Crippen LogP contribution in [0.5, 0.6) is 0 Å². The van der Waals surface area contributed by atoms with Crippen molar-refractivity contribution in [2.24, 2.45) is 7.05 Å². The van der Waals surface area contributed by atoms with E-state index in [1.54, 1.807) is 6.07 Å². The highest BCUT2D eigenvalue weighted by Crippen LogP contribution is 2.21. The summed E-state index contributed by atoms with van der Waals surface area (Å²) in [4.78, 5) is 11.0. The Balaban J connectivity index is 2.78. The first kappa shape index (κ1) is 12.0. The van der Waals surface area contributed by atoms with Crippen LogP contribution in [-0.4, -0.2) is 21.9 Å². The van der Waals surface area contributed by atoms with E-state index in [4.69, 9.17) is 5.26 Å². The Hall–Kier alpha value is -2.04. The van der Waals surface area contributed by atoms with Crippen LogP contribution in [0, 0.1) is 11.3 Å². The molecule has 0 radical (unpaired) electrons. The van der Waals surface area contributed by atoms with Crippen LogP contribution in [0.15, 0.2) is 6.20 Å². The summed E-state index contributed by atoms with van der Waals surface area (Å²) in [6.45, 7) is 0. The molecule has 8 heteroatoms. The van der Waals surface area contributed by atoms with Crippen LogP contribution in [0.1, 0.15) is 12.0 Å². The molecule has 1 rings (SSSR count).